The van der Waals surface area contributed by atoms with Crippen LogP contribution in [-0.4, -0.2) is 47.1 Å². The Morgan fingerprint density at radius 3 is 2.49 bits per heavy atom. The molecule has 0 aromatic carbocycles. The highest BCUT2D eigenvalue weighted by Gasteiger charge is 2.40. The third-order valence-electron chi connectivity index (χ3n) is 8.11. The highest BCUT2D eigenvalue weighted by molar-refractivity contribution is 5.91. The molecule has 0 spiro atoms. The summed E-state index contributed by atoms with van der Waals surface area (Å²) in [7, 11) is 0. The Kier molecular flexibility index (Phi) is 6.80. The van der Waals surface area contributed by atoms with Crippen LogP contribution in [0.4, 0.5) is 8.78 Å². The highest BCUT2D eigenvalue weighted by atomic mass is 19.3. The molecule has 0 radical (unpaired) electrons. The zero-order valence-electron chi connectivity index (χ0n) is 22.0. The number of aromatic nitrogens is 6. The summed E-state index contributed by atoms with van der Waals surface area (Å²) < 4.78 is 31.3. The first kappa shape index (κ1) is 25.8. The van der Waals surface area contributed by atoms with Crippen LogP contribution in [0.15, 0.2) is 24.8 Å². The van der Waals surface area contributed by atoms with Crippen LogP contribution >= 0.6 is 0 Å². The van der Waals surface area contributed by atoms with Gasteiger partial charge in [0.2, 0.25) is 17.7 Å². The minimum atomic E-state index is -2.69. The molecule has 0 aliphatic heterocycles. The van der Waals surface area contributed by atoms with E-state index in [1.165, 1.54) is 6.33 Å². The van der Waals surface area contributed by atoms with Crippen LogP contribution in [0, 0.1) is 11.8 Å². The van der Waals surface area contributed by atoms with Crippen molar-refractivity contribution in [1.29, 1.82) is 0 Å². The number of nitrogens with one attached hydrogen (secondary N) is 2. The molecule has 3 aliphatic rings. The van der Waals surface area contributed by atoms with Crippen LogP contribution in [0.3, 0.4) is 0 Å². The van der Waals surface area contributed by atoms with Gasteiger partial charge in [-0.2, -0.15) is 10.2 Å². The van der Waals surface area contributed by atoms with Crippen molar-refractivity contribution in [2.75, 3.05) is 0 Å². The zero-order chi connectivity index (χ0) is 27.1. The smallest absolute Gasteiger partial charge is 0.289 e. The van der Waals surface area contributed by atoms with Gasteiger partial charge in [-0.25, -0.2) is 27.9 Å². The van der Waals surface area contributed by atoms with Crippen LogP contribution in [0.5, 0.6) is 0 Å². The summed E-state index contributed by atoms with van der Waals surface area (Å²) in [6, 6.07) is 1.40. The Hall–Kier alpha value is -3.44. The molecule has 3 saturated carbocycles. The third-order valence-corrected chi connectivity index (χ3v) is 8.11. The summed E-state index contributed by atoms with van der Waals surface area (Å²) >= 11 is 0. The summed E-state index contributed by atoms with van der Waals surface area (Å²) in [5, 5.41) is 15.0. The second kappa shape index (κ2) is 10.3. The maximum Gasteiger partial charge on any atom is 0.289 e. The average Bonchev–Trinajstić information content (AvgIpc) is 3.84. The van der Waals surface area contributed by atoms with Gasteiger partial charge < -0.3 is 10.6 Å². The Balaban J connectivity index is 1.28. The van der Waals surface area contributed by atoms with Crippen molar-refractivity contribution in [3.63, 3.8) is 0 Å². The maximum absolute atomic E-state index is 14.0. The van der Waals surface area contributed by atoms with E-state index in [1.807, 2.05) is 13.0 Å². The summed E-state index contributed by atoms with van der Waals surface area (Å²) in [4.78, 5) is 34.7. The molecule has 39 heavy (non-hydrogen) atoms. The lowest BCUT2D eigenvalue weighted by Gasteiger charge is -2.33. The SMILES string of the molecule is CCCC(=O)N[C@@H](c1cnn2cc([C@@H](NC(=O)c3ncnn3C3CC3)C3CCC(F)(F)CC3)nc2c1)C1CC1. The number of alkyl halides is 2. The van der Waals surface area contributed by atoms with E-state index in [4.69, 9.17) is 4.98 Å². The highest BCUT2D eigenvalue weighted by Crippen LogP contribution is 2.43. The molecule has 2 N–H and O–H groups in total. The summed E-state index contributed by atoms with van der Waals surface area (Å²) in [6.45, 7) is 1.98. The van der Waals surface area contributed by atoms with Crippen molar-refractivity contribution in [3.05, 3.63) is 41.9 Å². The minimum Gasteiger partial charge on any atom is -0.349 e. The first-order chi connectivity index (χ1) is 18.8. The molecule has 3 heterocycles. The Labute approximate surface area is 225 Å². The van der Waals surface area contributed by atoms with Crippen LogP contribution in [-0.2, 0) is 4.79 Å². The Bertz CT molecular complexity index is 1350. The van der Waals surface area contributed by atoms with Gasteiger partial charge in [0.05, 0.1) is 36.2 Å². The first-order valence-corrected chi connectivity index (χ1v) is 14.0. The number of nitrogens with zero attached hydrogens (tertiary/aromatic N) is 6. The van der Waals surface area contributed by atoms with Crippen molar-refractivity contribution < 1.29 is 18.4 Å². The van der Waals surface area contributed by atoms with Crippen molar-refractivity contribution in [2.45, 2.75) is 95.2 Å². The second-order valence-electron chi connectivity index (χ2n) is 11.3. The van der Waals surface area contributed by atoms with Gasteiger partial charge in [-0.1, -0.05) is 6.92 Å². The lowest BCUT2D eigenvalue weighted by Crippen LogP contribution is -2.38. The molecular weight excluding hydrogens is 506 g/mol. The molecular formula is C27H34F2N8O2. The number of hydrogen-bond acceptors (Lipinski definition) is 6. The Morgan fingerprint density at radius 2 is 1.79 bits per heavy atom. The topological polar surface area (TPSA) is 119 Å². The van der Waals surface area contributed by atoms with Gasteiger partial charge in [-0.05, 0) is 68.4 Å². The van der Waals surface area contributed by atoms with Gasteiger partial charge in [-0.3, -0.25) is 9.59 Å². The van der Waals surface area contributed by atoms with Gasteiger partial charge in [0.15, 0.2) is 5.65 Å². The van der Waals surface area contributed by atoms with Crippen LogP contribution in [0.2, 0.25) is 0 Å². The molecule has 3 aromatic heterocycles. The number of hydrogen-bond donors (Lipinski definition) is 2. The van der Waals surface area contributed by atoms with Crippen molar-refractivity contribution >= 4 is 17.5 Å². The molecule has 3 aromatic rings. The lowest BCUT2D eigenvalue weighted by atomic mass is 9.81. The van der Waals surface area contributed by atoms with E-state index < -0.39 is 12.0 Å². The van der Waals surface area contributed by atoms with Gasteiger partial charge in [0, 0.05) is 19.3 Å². The van der Waals surface area contributed by atoms with E-state index in [1.54, 1.807) is 21.6 Å². The molecule has 0 saturated heterocycles. The van der Waals surface area contributed by atoms with Gasteiger partial charge in [0.1, 0.15) is 6.33 Å². The number of rotatable bonds is 10. The molecule has 12 heteroatoms. The predicted molar refractivity (Wildman–Crippen MR) is 137 cm³/mol. The number of carbonyl (C=O) groups excluding carboxylic acids is 2. The number of fused-ring (bicyclic) bond motifs is 1. The van der Waals surface area contributed by atoms with E-state index in [0.29, 0.717) is 23.7 Å². The lowest BCUT2D eigenvalue weighted by molar-refractivity contribution is -0.122. The van der Waals surface area contributed by atoms with Gasteiger partial charge in [-0.15, -0.1) is 0 Å². The van der Waals surface area contributed by atoms with Crippen LogP contribution < -0.4 is 10.6 Å². The monoisotopic (exact) mass is 540 g/mol. The molecule has 208 valence electrons. The average molecular weight is 541 g/mol. The summed E-state index contributed by atoms with van der Waals surface area (Å²) in [6.07, 6.45) is 10.2. The standard InChI is InChI=1S/C27H34F2N8O2/c1-2-3-22(38)34-23(16-4-5-16)18-12-21-33-20(14-36(21)31-13-18)24(17-8-10-27(28,29)11-9-17)35-26(39)25-30-15-32-37(25)19-6-7-19/h12-17,19,23-24H,2-11H2,1H3,(H,34,38)(H,35,39)/t23-,24+/m1/s1. The molecule has 3 fully saturated rings. The second-order valence-corrected chi connectivity index (χ2v) is 11.3. The molecule has 2 atom stereocenters. The molecule has 6 rings (SSSR count). The quantitative estimate of drug-likeness (QED) is 0.395. The van der Waals surface area contributed by atoms with Crippen molar-refractivity contribution in [3.8, 4) is 0 Å². The number of imidazole rings is 1. The van der Waals surface area contributed by atoms with Crippen LogP contribution in [0.25, 0.3) is 5.65 Å². The van der Waals surface area contributed by atoms with Crippen LogP contribution in [0.1, 0.15) is 111 Å². The van der Waals surface area contributed by atoms with E-state index >= 15 is 0 Å². The maximum atomic E-state index is 14.0. The van der Waals surface area contributed by atoms with E-state index in [-0.39, 0.29) is 61.3 Å². The Morgan fingerprint density at radius 1 is 1.05 bits per heavy atom. The van der Waals surface area contributed by atoms with Gasteiger partial charge >= 0.3 is 0 Å². The fraction of sp³-hybridized carbons (Fsp3) is 0.630. The molecule has 2 amide bonds. The normalized spacial score (nSPS) is 21.0. The van der Waals surface area contributed by atoms with Crippen molar-refractivity contribution in [2.24, 2.45) is 11.8 Å². The predicted octanol–water partition coefficient (Wildman–Crippen LogP) is 4.32. The van der Waals surface area contributed by atoms with E-state index in [0.717, 1.165) is 37.7 Å². The zero-order valence-corrected chi connectivity index (χ0v) is 22.0. The van der Waals surface area contributed by atoms with Crippen molar-refractivity contribution in [1.82, 2.24) is 40.0 Å². The summed E-state index contributed by atoms with van der Waals surface area (Å²) in [5.41, 5.74) is 2.04. The third kappa shape index (κ3) is 5.65. The molecule has 0 unspecified atom stereocenters. The molecule has 10 nitrogen and oxygen atoms in total. The number of carbonyl (C=O) groups is 2. The van der Waals surface area contributed by atoms with E-state index in [9.17, 15) is 18.4 Å². The molecule has 3 aliphatic carbocycles. The fourth-order valence-electron chi connectivity index (χ4n) is 5.64. The minimum absolute atomic E-state index is 0.0224. The number of amides is 2. The largest absolute Gasteiger partial charge is 0.349 e. The number of halogens is 2. The fourth-order valence-corrected chi connectivity index (χ4v) is 5.64. The molecule has 0 bridgehead atoms. The van der Waals surface area contributed by atoms with E-state index in [2.05, 4.69) is 25.8 Å². The summed E-state index contributed by atoms with van der Waals surface area (Å²) in [5.74, 6) is -2.66. The first-order valence-electron chi connectivity index (χ1n) is 14.0. The van der Waals surface area contributed by atoms with Gasteiger partial charge in [0.25, 0.3) is 5.91 Å².